The Morgan fingerprint density at radius 1 is 1.05 bits per heavy atom. The number of aromatic nitrogens is 2. The Morgan fingerprint density at radius 3 is 2.48 bits per heavy atom. The van der Waals surface area contributed by atoms with E-state index in [9.17, 15) is 14.4 Å². The van der Waals surface area contributed by atoms with E-state index in [1.807, 2.05) is 23.2 Å². The summed E-state index contributed by atoms with van der Waals surface area (Å²) in [6, 6.07) is 5.50. The summed E-state index contributed by atoms with van der Waals surface area (Å²) < 4.78 is 5.37. The summed E-state index contributed by atoms with van der Waals surface area (Å²) in [5, 5.41) is 6.90. The van der Waals surface area contributed by atoms with Crippen molar-refractivity contribution in [2.24, 2.45) is 0 Å². The van der Waals surface area contributed by atoms with Crippen molar-refractivity contribution in [1.29, 1.82) is 0 Å². The number of carbonyl (C=O) groups is 3. The zero-order chi connectivity index (χ0) is 30.5. The van der Waals surface area contributed by atoms with E-state index in [1.165, 1.54) is 4.88 Å². The molecule has 2 aromatic rings. The molecule has 4 rings (SSSR count). The quantitative estimate of drug-likeness (QED) is 0.405. The molecule has 1 atom stereocenters. The smallest absolute Gasteiger partial charge is 0.408 e. The zero-order valence-corrected chi connectivity index (χ0v) is 26.7. The molecule has 0 radical (unpaired) electrons. The highest BCUT2D eigenvalue weighted by atomic mass is 32.1. The lowest BCUT2D eigenvalue weighted by atomic mass is 9.91. The first-order valence-corrected chi connectivity index (χ1v) is 16.0. The minimum atomic E-state index is -1.20. The summed E-state index contributed by atoms with van der Waals surface area (Å²) in [5.74, 6) is 0.757. The maximum absolute atomic E-state index is 13.7. The molecule has 0 unspecified atom stereocenters. The van der Waals surface area contributed by atoms with E-state index >= 15 is 0 Å². The first-order chi connectivity index (χ1) is 19.9. The van der Waals surface area contributed by atoms with Gasteiger partial charge in [-0.3, -0.25) is 9.59 Å². The summed E-state index contributed by atoms with van der Waals surface area (Å²) in [7, 11) is 0. The normalized spacial score (nSPS) is 18.5. The highest BCUT2D eigenvalue weighted by molar-refractivity contribution is 7.15. The second kappa shape index (κ2) is 13.4. The van der Waals surface area contributed by atoms with Gasteiger partial charge in [-0.1, -0.05) is 19.4 Å². The van der Waals surface area contributed by atoms with E-state index < -0.39 is 23.3 Å². The number of aryl methyl sites for hydroxylation is 1. The Bertz CT molecular complexity index is 1250. The molecule has 0 spiro atoms. The molecule has 4 heterocycles. The highest BCUT2D eigenvalue weighted by Crippen LogP contribution is 2.31. The zero-order valence-electron chi connectivity index (χ0n) is 25.9. The Labute approximate surface area is 253 Å². The maximum Gasteiger partial charge on any atom is 0.408 e. The van der Waals surface area contributed by atoms with Gasteiger partial charge in [-0.2, -0.15) is 0 Å². The van der Waals surface area contributed by atoms with Gasteiger partial charge in [0.05, 0.1) is 0 Å². The third kappa shape index (κ3) is 8.20. The van der Waals surface area contributed by atoms with Crippen LogP contribution in [-0.2, 0) is 20.7 Å². The van der Waals surface area contributed by atoms with Gasteiger partial charge in [0.25, 0.3) is 0 Å². The summed E-state index contributed by atoms with van der Waals surface area (Å²) >= 11 is 1.66. The number of likely N-dealkylation sites (tertiary alicyclic amines) is 2. The van der Waals surface area contributed by atoms with Gasteiger partial charge in [0, 0.05) is 42.3 Å². The number of rotatable bonds is 8. The van der Waals surface area contributed by atoms with Gasteiger partial charge < -0.3 is 25.2 Å². The maximum atomic E-state index is 13.7. The number of thiazole rings is 1. The standard InChI is InChI=1S/C31H46N6O4S/c1-7-11-22-20-32-28(42-22)34-25-14-10-12-23(33-25)21-15-18-36(19-16-21)26(38)24-13-8-9-17-37(24)27(39)31(5,6)35-29(40)41-30(2,3)4/h10,12,14,20-21,24H,7-9,11,13,15-19H2,1-6H3,(H,35,40)(H,32,33,34)/t24-/m1/s1. The van der Waals surface area contributed by atoms with Crippen molar-refractivity contribution in [2.75, 3.05) is 25.0 Å². The molecule has 2 fully saturated rings. The molecular formula is C31H46N6O4S. The van der Waals surface area contributed by atoms with Crippen LogP contribution >= 0.6 is 11.3 Å². The van der Waals surface area contributed by atoms with Crippen LogP contribution in [0.15, 0.2) is 24.4 Å². The summed E-state index contributed by atoms with van der Waals surface area (Å²) in [4.78, 5) is 53.9. The molecule has 0 saturated carbocycles. The van der Waals surface area contributed by atoms with Crippen LogP contribution in [0, 0.1) is 0 Å². The lowest BCUT2D eigenvalue weighted by Gasteiger charge is -2.42. The number of piperidine rings is 2. The number of amides is 3. The van der Waals surface area contributed by atoms with E-state index in [0.29, 0.717) is 26.1 Å². The van der Waals surface area contributed by atoms with Crippen LogP contribution in [0.5, 0.6) is 0 Å². The molecule has 10 nitrogen and oxygen atoms in total. The number of hydrogen-bond donors (Lipinski definition) is 2. The van der Waals surface area contributed by atoms with E-state index in [-0.39, 0.29) is 17.7 Å². The summed E-state index contributed by atoms with van der Waals surface area (Å²) in [6.07, 6.45) is 7.36. The van der Waals surface area contributed by atoms with Crippen LogP contribution in [0.25, 0.3) is 0 Å². The molecule has 2 aliphatic rings. The monoisotopic (exact) mass is 598 g/mol. The van der Waals surface area contributed by atoms with Gasteiger partial charge >= 0.3 is 6.09 Å². The fourth-order valence-corrected chi connectivity index (χ4v) is 6.52. The number of carbonyl (C=O) groups excluding carboxylic acids is 3. The molecule has 2 saturated heterocycles. The third-order valence-corrected chi connectivity index (χ3v) is 8.65. The predicted molar refractivity (Wildman–Crippen MR) is 165 cm³/mol. The number of nitrogens with one attached hydrogen (secondary N) is 2. The first-order valence-electron chi connectivity index (χ1n) is 15.2. The van der Waals surface area contributed by atoms with Gasteiger partial charge in [0.15, 0.2) is 5.13 Å². The molecule has 42 heavy (non-hydrogen) atoms. The van der Waals surface area contributed by atoms with Gasteiger partial charge in [-0.05, 0) is 85.3 Å². The van der Waals surface area contributed by atoms with Crippen molar-refractivity contribution in [2.45, 2.75) is 110 Å². The van der Waals surface area contributed by atoms with Gasteiger partial charge in [0.2, 0.25) is 11.8 Å². The fraction of sp³-hybridized carbons (Fsp3) is 0.645. The Morgan fingerprint density at radius 2 is 1.79 bits per heavy atom. The topological polar surface area (TPSA) is 117 Å². The number of nitrogens with zero attached hydrogens (tertiary/aromatic N) is 4. The first kappa shape index (κ1) is 31.7. The molecule has 3 amide bonds. The van der Waals surface area contributed by atoms with Crippen LogP contribution in [0.4, 0.5) is 15.7 Å². The van der Waals surface area contributed by atoms with Crippen molar-refractivity contribution >= 4 is 40.2 Å². The Kier molecular flexibility index (Phi) is 10.1. The molecule has 0 aromatic carbocycles. The second-order valence-electron chi connectivity index (χ2n) is 12.8. The third-order valence-electron chi connectivity index (χ3n) is 7.68. The van der Waals surface area contributed by atoms with E-state index in [2.05, 4.69) is 28.6 Å². The summed E-state index contributed by atoms with van der Waals surface area (Å²) in [5.41, 5.74) is -0.861. The van der Waals surface area contributed by atoms with Crippen molar-refractivity contribution in [3.8, 4) is 0 Å². The molecular weight excluding hydrogens is 552 g/mol. The Balaban J connectivity index is 1.35. The predicted octanol–water partition coefficient (Wildman–Crippen LogP) is 5.62. The van der Waals surface area contributed by atoms with Crippen molar-refractivity contribution in [1.82, 2.24) is 25.1 Å². The van der Waals surface area contributed by atoms with Crippen molar-refractivity contribution in [3.63, 3.8) is 0 Å². The minimum Gasteiger partial charge on any atom is -0.444 e. The molecule has 2 aliphatic heterocycles. The lowest BCUT2D eigenvalue weighted by Crippen LogP contribution is -2.62. The van der Waals surface area contributed by atoms with E-state index in [1.54, 1.807) is 50.9 Å². The average Bonchev–Trinajstić information content (AvgIpc) is 3.38. The summed E-state index contributed by atoms with van der Waals surface area (Å²) in [6.45, 7) is 12.5. The van der Waals surface area contributed by atoms with E-state index in [0.717, 1.165) is 55.2 Å². The van der Waals surface area contributed by atoms with E-state index in [4.69, 9.17) is 9.72 Å². The second-order valence-corrected chi connectivity index (χ2v) is 13.9. The number of anilines is 2. The molecule has 230 valence electrons. The molecule has 2 aromatic heterocycles. The molecule has 2 N–H and O–H groups in total. The number of alkyl carbamates (subject to hydrolysis) is 1. The van der Waals surface area contributed by atoms with Crippen LogP contribution in [-0.4, -0.2) is 74.5 Å². The van der Waals surface area contributed by atoms with Gasteiger partial charge in [-0.15, -0.1) is 11.3 Å². The van der Waals surface area contributed by atoms with Crippen LogP contribution in [0.1, 0.15) is 96.6 Å². The molecule has 0 aliphatic carbocycles. The number of ether oxygens (including phenoxy) is 1. The Hall–Kier alpha value is -3.21. The SMILES string of the molecule is CCCc1cnc(Nc2cccc(C3CCN(C(=O)[C@H]4CCCCN4C(=O)C(C)(C)NC(=O)OC(C)(C)C)CC3)n2)s1. The van der Waals surface area contributed by atoms with Crippen LogP contribution < -0.4 is 10.6 Å². The minimum absolute atomic E-state index is 0.00963. The van der Waals surface area contributed by atoms with Crippen LogP contribution in [0.2, 0.25) is 0 Å². The molecule has 11 heteroatoms. The fourth-order valence-electron chi connectivity index (χ4n) is 5.59. The highest BCUT2D eigenvalue weighted by Gasteiger charge is 2.42. The molecule has 0 bridgehead atoms. The number of pyridine rings is 1. The van der Waals surface area contributed by atoms with Crippen molar-refractivity contribution < 1.29 is 19.1 Å². The average molecular weight is 599 g/mol. The van der Waals surface area contributed by atoms with Gasteiger partial charge in [0.1, 0.15) is 23.0 Å². The van der Waals surface area contributed by atoms with Crippen molar-refractivity contribution in [3.05, 3.63) is 35.0 Å². The lowest BCUT2D eigenvalue weighted by molar-refractivity contribution is -0.151. The number of hydrogen-bond acceptors (Lipinski definition) is 8. The van der Waals surface area contributed by atoms with Crippen LogP contribution in [0.3, 0.4) is 0 Å². The van der Waals surface area contributed by atoms with Gasteiger partial charge in [-0.25, -0.2) is 14.8 Å². The largest absolute Gasteiger partial charge is 0.444 e.